The van der Waals surface area contributed by atoms with E-state index in [1.54, 1.807) is 0 Å². The van der Waals surface area contributed by atoms with Crippen molar-refractivity contribution in [2.45, 2.75) is 0 Å². The summed E-state index contributed by atoms with van der Waals surface area (Å²) in [4.78, 5) is 16.7. The highest BCUT2D eigenvalue weighted by molar-refractivity contribution is 6.24. The minimum absolute atomic E-state index is 0.527. The summed E-state index contributed by atoms with van der Waals surface area (Å²) >= 11 is 0. The molecule has 0 saturated heterocycles. The average molecular weight is 970 g/mol. The molecule has 354 valence electrons. The number of benzene rings is 11. The first-order valence-corrected chi connectivity index (χ1v) is 25.8. The number of nitrogens with zero attached hydrogens (tertiary/aromatic N) is 7. The Morgan fingerprint density at radius 2 is 0.697 bits per heavy atom. The van der Waals surface area contributed by atoms with Gasteiger partial charge >= 0.3 is 0 Å². The fourth-order valence-electron chi connectivity index (χ4n) is 12.2. The van der Waals surface area contributed by atoms with E-state index in [1.165, 1.54) is 10.8 Å². The molecule has 0 saturated carbocycles. The van der Waals surface area contributed by atoms with Crippen molar-refractivity contribution in [1.82, 2.24) is 33.2 Å². The minimum atomic E-state index is 0.527. The monoisotopic (exact) mass is 969 g/mol. The Labute approximate surface area is 436 Å². The van der Waals surface area contributed by atoms with Gasteiger partial charge < -0.3 is 13.7 Å². The van der Waals surface area contributed by atoms with Crippen molar-refractivity contribution in [3.8, 4) is 56.9 Å². The first kappa shape index (κ1) is 42.2. The lowest BCUT2D eigenvalue weighted by atomic mass is 10.1. The molecule has 11 aromatic carbocycles. The van der Waals surface area contributed by atoms with Gasteiger partial charge in [0.2, 0.25) is 5.95 Å². The van der Waals surface area contributed by atoms with E-state index in [0.717, 1.165) is 116 Å². The van der Waals surface area contributed by atoms with Gasteiger partial charge in [0, 0.05) is 71.3 Å². The molecular formula is C69H43N7. The van der Waals surface area contributed by atoms with Gasteiger partial charge in [0.1, 0.15) is 0 Å². The molecule has 0 fully saturated rings. The molecule has 16 aromatic rings. The van der Waals surface area contributed by atoms with Gasteiger partial charge in [-0.3, -0.25) is 4.57 Å². The Hall–Kier alpha value is -10.4. The molecule has 0 bridgehead atoms. The summed E-state index contributed by atoms with van der Waals surface area (Å²) in [5, 5.41) is 9.11. The Balaban J connectivity index is 1.05. The van der Waals surface area contributed by atoms with Gasteiger partial charge in [-0.1, -0.05) is 188 Å². The average Bonchev–Trinajstić information content (AvgIpc) is 4.31. The molecule has 0 aliphatic heterocycles. The standard InChI is InChI=1S/C69H43N7/c1-4-20-44(21-5-1)46-24-18-27-48(42-46)75-60-35-16-12-30-52(60)53-39-40-54-57-43-49(74-58-33-14-10-28-50(58)51-29-11-15-34-59(51)74)38-41-62(57)76(66(54)65(53)75)69-71-67(45-22-6-2-7-23-45)70-68(72-69)56-32-19-37-63-64(56)55-31-13-17-36-61(55)73(63)47-25-8-3-9-26-47/h1-43H. The molecule has 5 heterocycles. The van der Waals surface area contributed by atoms with E-state index in [-0.39, 0.29) is 0 Å². The van der Waals surface area contributed by atoms with Crippen molar-refractivity contribution in [3.63, 3.8) is 0 Å². The second kappa shape index (κ2) is 16.6. The topological polar surface area (TPSA) is 58.4 Å². The van der Waals surface area contributed by atoms with Gasteiger partial charge in [-0.25, -0.2) is 4.98 Å². The van der Waals surface area contributed by atoms with Crippen molar-refractivity contribution in [2.75, 3.05) is 0 Å². The summed E-state index contributed by atoms with van der Waals surface area (Å²) in [7, 11) is 0. The van der Waals surface area contributed by atoms with Crippen molar-refractivity contribution < 1.29 is 0 Å². The lowest BCUT2D eigenvalue weighted by Crippen LogP contribution is -2.07. The van der Waals surface area contributed by atoms with Crippen LogP contribution in [0.3, 0.4) is 0 Å². The highest BCUT2D eigenvalue weighted by Gasteiger charge is 2.26. The van der Waals surface area contributed by atoms with Gasteiger partial charge in [-0.2, -0.15) is 9.97 Å². The summed E-state index contributed by atoms with van der Waals surface area (Å²) in [6, 6.07) is 93.3. The molecule has 0 radical (unpaired) electrons. The first-order chi connectivity index (χ1) is 37.7. The van der Waals surface area contributed by atoms with Gasteiger partial charge in [0.25, 0.3) is 0 Å². The fourth-order valence-corrected chi connectivity index (χ4v) is 12.2. The molecule has 0 aliphatic rings. The molecule has 5 aromatic heterocycles. The van der Waals surface area contributed by atoms with Crippen LogP contribution < -0.4 is 0 Å². The summed E-state index contributed by atoms with van der Waals surface area (Å²) < 4.78 is 9.50. The zero-order chi connectivity index (χ0) is 49.8. The van der Waals surface area contributed by atoms with Crippen LogP contribution in [0.15, 0.2) is 261 Å². The smallest absolute Gasteiger partial charge is 0.238 e. The Bertz CT molecular complexity index is 4930. The highest BCUT2D eigenvalue weighted by Crippen LogP contribution is 2.44. The molecule has 7 nitrogen and oxygen atoms in total. The number of rotatable bonds is 7. The van der Waals surface area contributed by atoms with Crippen molar-refractivity contribution in [1.29, 1.82) is 0 Å². The zero-order valence-electron chi connectivity index (χ0n) is 41.0. The third-order valence-corrected chi connectivity index (χ3v) is 15.4. The maximum Gasteiger partial charge on any atom is 0.238 e. The lowest BCUT2D eigenvalue weighted by molar-refractivity contribution is 0.954. The fraction of sp³-hybridized carbons (Fsp3) is 0. The van der Waals surface area contributed by atoms with Gasteiger partial charge in [0.15, 0.2) is 11.6 Å². The number of hydrogen-bond acceptors (Lipinski definition) is 3. The van der Waals surface area contributed by atoms with E-state index in [2.05, 4.69) is 273 Å². The van der Waals surface area contributed by atoms with E-state index in [1.807, 2.05) is 6.07 Å². The second-order valence-electron chi connectivity index (χ2n) is 19.6. The van der Waals surface area contributed by atoms with Crippen LogP contribution in [0, 0.1) is 0 Å². The molecule has 0 aliphatic carbocycles. The van der Waals surface area contributed by atoms with E-state index in [9.17, 15) is 0 Å². The number of para-hydroxylation sites is 5. The number of hydrogen-bond donors (Lipinski definition) is 0. The second-order valence-corrected chi connectivity index (χ2v) is 19.6. The molecule has 0 atom stereocenters. The SMILES string of the molecule is c1ccc(-c2cccc(-n3c4ccccc4c4ccc5c6cc(-n7c8ccccc8c8ccccc87)ccc6n(-c6nc(-c7ccccc7)nc(-c7cccc8c7c7ccccc7n8-c7ccccc7)n6)c5c43)c2)cc1. The zero-order valence-corrected chi connectivity index (χ0v) is 41.0. The first-order valence-electron chi connectivity index (χ1n) is 25.8. The number of aromatic nitrogens is 7. The molecule has 16 rings (SSSR count). The Kier molecular flexibility index (Phi) is 9.20. The van der Waals surface area contributed by atoms with Crippen LogP contribution in [-0.2, 0) is 0 Å². The van der Waals surface area contributed by atoms with Crippen LogP contribution in [0.25, 0.3) is 144 Å². The molecule has 76 heavy (non-hydrogen) atoms. The molecular weight excluding hydrogens is 927 g/mol. The third kappa shape index (κ3) is 6.26. The quantitative estimate of drug-likeness (QED) is 0.160. The molecule has 0 spiro atoms. The van der Waals surface area contributed by atoms with Gasteiger partial charge in [0.05, 0.1) is 44.1 Å². The van der Waals surface area contributed by atoms with Crippen LogP contribution in [0.2, 0.25) is 0 Å². The lowest BCUT2D eigenvalue weighted by Gasteiger charge is -2.14. The maximum absolute atomic E-state index is 5.70. The Morgan fingerprint density at radius 1 is 0.237 bits per heavy atom. The van der Waals surface area contributed by atoms with Gasteiger partial charge in [-0.15, -0.1) is 0 Å². The van der Waals surface area contributed by atoms with Crippen molar-refractivity contribution in [2.24, 2.45) is 0 Å². The largest absolute Gasteiger partial charge is 0.309 e. The molecule has 0 amide bonds. The minimum Gasteiger partial charge on any atom is -0.309 e. The van der Waals surface area contributed by atoms with Crippen LogP contribution in [0.4, 0.5) is 0 Å². The summed E-state index contributed by atoms with van der Waals surface area (Å²) in [5.41, 5.74) is 16.0. The maximum atomic E-state index is 5.70. The Morgan fingerprint density at radius 3 is 1.39 bits per heavy atom. The van der Waals surface area contributed by atoms with E-state index >= 15 is 0 Å². The van der Waals surface area contributed by atoms with E-state index in [4.69, 9.17) is 15.0 Å². The van der Waals surface area contributed by atoms with Crippen LogP contribution in [0.1, 0.15) is 0 Å². The molecule has 0 unspecified atom stereocenters. The number of fused-ring (bicyclic) bond motifs is 13. The highest BCUT2D eigenvalue weighted by atomic mass is 15.2. The summed E-state index contributed by atoms with van der Waals surface area (Å²) in [6.45, 7) is 0. The van der Waals surface area contributed by atoms with Gasteiger partial charge in [-0.05, 0) is 83.9 Å². The van der Waals surface area contributed by atoms with E-state index in [0.29, 0.717) is 17.6 Å². The van der Waals surface area contributed by atoms with E-state index < -0.39 is 0 Å². The van der Waals surface area contributed by atoms with Crippen LogP contribution >= 0.6 is 0 Å². The summed E-state index contributed by atoms with van der Waals surface area (Å²) in [5.74, 6) is 1.70. The normalized spacial score (nSPS) is 11.9. The predicted octanol–water partition coefficient (Wildman–Crippen LogP) is 17.3. The van der Waals surface area contributed by atoms with Crippen LogP contribution in [0.5, 0.6) is 0 Å². The molecule has 7 heteroatoms. The van der Waals surface area contributed by atoms with Crippen molar-refractivity contribution >= 4 is 87.2 Å². The summed E-state index contributed by atoms with van der Waals surface area (Å²) in [6.07, 6.45) is 0. The predicted molar refractivity (Wildman–Crippen MR) is 313 cm³/mol. The van der Waals surface area contributed by atoms with Crippen molar-refractivity contribution in [3.05, 3.63) is 261 Å². The third-order valence-electron chi connectivity index (χ3n) is 15.4. The van der Waals surface area contributed by atoms with Crippen LogP contribution in [-0.4, -0.2) is 33.2 Å². The molecule has 0 N–H and O–H groups in total.